The van der Waals surface area contributed by atoms with Crippen molar-refractivity contribution in [3.63, 3.8) is 0 Å². The third kappa shape index (κ3) is 3.19. The third-order valence-electron chi connectivity index (χ3n) is 2.69. The van der Waals surface area contributed by atoms with Crippen molar-refractivity contribution in [1.29, 1.82) is 0 Å². The fourth-order valence-corrected chi connectivity index (χ4v) is 2.75. The molecule has 0 amide bonds. The number of benzene rings is 1. The first-order valence-corrected chi connectivity index (χ1v) is 6.76. The van der Waals surface area contributed by atoms with E-state index >= 15 is 0 Å². The summed E-state index contributed by atoms with van der Waals surface area (Å²) in [5.41, 5.74) is 0.740. The quantitative estimate of drug-likeness (QED) is 0.780. The average Bonchev–Trinajstić information content (AvgIpc) is 2.85. The fourth-order valence-electron chi connectivity index (χ4n) is 1.80. The minimum absolute atomic E-state index is 0.0815. The van der Waals surface area contributed by atoms with E-state index in [9.17, 15) is 18.0 Å². The first kappa shape index (κ1) is 14.6. The molecule has 6 heteroatoms. The molecule has 0 aliphatic heterocycles. The maximum atomic E-state index is 12.4. The van der Waals surface area contributed by atoms with Crippen LogP contribution >= 0.6 is 11.3 Å². The molecular weight excluding hydrogens is 289 g/mol. The van der Waals surface area contributed by atoms with Crippen molar-refractivity contribution in [2.75, 3.05) is 0 Å². The van der Waals surface area contributed by atoms with Crippen molar-refractivity contribution in [1.82, 2.24) is 0 Å². The summed E-state index contributed by atoms with van der Waals surface area (Å²) in [6.07, 6.45) is -4.17. The number of hydrogen-bond donors (Lipinski definition) is 0. The number of ether oxygens (including phenoxy) is 1. The lowest BCUT2D eigenvalue weighted by Gasteiger charge is -2.12. The van der Waals surface area contributed by atoms with E-state index in [1.54, 1.807) is 11.4 Å². The van der Waals surface area contributed by atoms with Gasteiger partial charge in [-0.3, -0.25) is 4.79 Å². The van der Waals surface area contributed by atoms with E-state index in [4.69, 9.17) is 0 Å². The summed E-state index contributed by atoms with van der Waals surface area (Å²) < 4.78 is 40.9. The lowest BCUT2D eigenvalue weighted by Crippen LogP contribution is -2.19. The first-order valence-electron chi connectivity index (χ1n) is 5.88. The van der Waals surface area contributed by atoms with Crippen LogP contribution in [0.1, 0.15) is 27.7 Å². The molecule has 0 spiro atoms. The van der Waals surface area contributed by atoms with Crippen molar-refractivity contribution < 1.29 is 22.7 Å². The minimum atomic E-state index is -4.82. The number of halogens is 3. The molecule has 2 rings (SSSR count). The van der Waals surface area contributed by atoms with Gasteiger partial charge in [0.25, 0.3) is 0 Å². The summed E-state index contributed by atoms with van der Waals surface area (Å²) in [4.78, 5) is 12.8. The van der Waals surface area contributed by atoms with Crippen LogP contribution in [0.15, 0.2) is 35.7 Å². The molecule has 0 aliphatic carbocycles. The Labute approximate surface area is 117 Å². The maximum Gasteiger partial charge on any atom is 0.573 e. The molecule has 0 N–H and O–H groups in total. The Kier molecular flexibility index (Phi) is 4.13. The highest BCUT2D eigenvalue weighted by Gasteiger charge is 2.33. The van der Waals surface area contributed by atoms with Gasteiger partial charge in [0.15, 0.2) is 0 Å². The van der Waals surface area contributed by atoms with E-state index in [0.717, 1.165) is 11.6 Å². The van der Waals surface area contributed by atoms with Crippen LogP contribution < -0.4 is 4.74 Å². The SMILES string of the molecule is CCc1ccsc1C(=O)c1ccccc1OC(F)(F)F. The van der Waals surface area contributed by atoms with E-state index in [1.165, 1.54) is 29.5 Å². The number of ketones is 1. The second kappa shape index (κ2) is 5.66. The Morgan fingerprint density at radius 1 is 1.25 bits per heavy atom. The predicted molar refractivity (Wildman–Crippen MR) is 70.3 cm³/mol. The van der Waals surface area contributed by atoms with E-state index in [-0.39, 0.29) is 5.56 Å². The second-order valence-corrected chi connectivity index (χ2v) is 4.92. The minimum Gasteiger partial charge on any atom is -0.405 e. The molecule has 1 aromatic carbocycles. The van der Waals surface area contributed by atoms with Crippen LogP contribution in [0.5, 0.6) is 5.75 Å². The summed E-state index contributed by atoms with van der Waals surface area (Å²) in [5.74, 6) is -0.919. The van der Waals surface area contributed by atoms with Gasteiger partial charge in [-0.1, -0.05) is 19.1 Å². The van der Waals surface area contributed by atoms with Crippen molar-refractivity contribution in [2.45, 2.75) is 19.7 Å². The number of aryl methyl sites for hydroxylation is 1. The molecule has 2 nitrogen and oxygen atoms in total. The zero-order valence-electron chi connectivity index (χ0n) is 10.5. The van der Waals surface area contributed by atoms with E-state index in [2.05, 4.69) is 4.74 Å². The monoisotopic (exact) mass is 300 g/mol. The van der Waals surface area contributed by atoms with E-state index in [0.29, 0.717) is 11.3 Å². The van der Waals surface area contributed by atoms with Gasteiger partial charge in [-0.2, -0.15) is 0 Å². The maximum absolute atomic E-state index is 12.4. The van der Waals surface area contributed by atoms with Gasteiger partial charge in [0.05, 0.1) is 10.4 Å². The van der Waals surface area contributed by atoms with Gasteiger partial charge in [-0.15, -0.1) is 24.5 Å². The van der Waals surface area contributed by atoms with Gasteiger partial charge in [0.1, 0.15) is 5.75 Å². The van der Waals surface area contributed by atoms with Gasteiger partial charge in [0.2, 0.25) is 5.78 Å². The second-order valence-electron chi connectivity index (χ2n) is 4.00. The van der Waals surface area contributed by atoms with Crippen LogP contribution in [0, 0.1) is 0 Å². The van der Waals surface area contributed by atoms with E-state index < -0.39 is 17.9 Å². The first-order chi connectivity index (χ1) is 9.42. The average molecular weight is 300 g/mol. The van der Waals surface area contributed by atoms with Crippen LogP contribution in [-0.2, 0) is 6.42 Å². The van der Waals surface area contributed by atoms with Gasteiger partial charge in [-0.05, 0) is 35.6 Å². The molecule has 0 saturated carbocycles. The number of para-hydroxylation sites is 1. The summed E-state index contributed by atoms with van der Waals surface area (Å²) in [6.45, 7) is 1.89. The molecular formula is C14H11F3O2S. The standard InChI is InChI=1S/C14H11F3O2S/c1-2-9-7-8-20-13(9)12(18)10-5-3-4-6-11(10)19-14(15,16)17/h3-8H,2H2,1H3. The van der Waals surface area contributed by atoms with Crippen LogP contribution in [0.4, 0.5) is 13.2 Å². The summed E-state index contributed by atoms with van der Waals surface area (Å²) in [6, 6.07) is 7.18. The zero-order valence-corrected chi connectivity index (χ0v) is 11.3. The zero-order chi connectivity index (χ0) is 14.8. The Hall–Kier alpha value is -1.82. The Bertz CT molecular complexity index is 617. The normalized spacial score (nSPS) is 11.4. The molecule has 106 valence electrons. The van der Waals surface area contributed by atoms with Gasteiger partial charge in [0, 0.05) is 0 Å². The molecule has 20 heavy (non-hydrogen) atoms. The molecule has 0 radical (unpaired) electrons. The number of hydrogen-bond acceptors (Lipinski definition) is 3. The van der Waals surface area contributed by atoms with Crippen molar-refractivity contribution in [3.05, 3.63) is 51.7 Å². The Morgan fingerprint density at radius 2 is 1.95 bits per heavy atom. The fraction of sp³-hybridized carbons (Fsp3) is 0.214. The highest BCUT2D eigenvalue weighted by molar-refractivity contribution is 7.12. The third-order valence-corrected chi connectivity index (χ3v) is 3.65. The van der Waals surface area contributed by atoms with Gasteiger partial charge >= 0.3 is 6.36 Å². The number of alkyl halides is 3. The van der Waals surface area contributed by atoms with Crippen molar-refractivity contribution >= 4 is 17.1 Å². The Morgan fingerprint density at radius 3 is 2.60 bits per heavy atom. The van der Waals surface area contributed by atoms with Crippen molar-refractivity contribution in [2.24, 2.45) is 0 Å². The molecule has 0 atom stereocenters. The topological polar surface area (TPSA) is 26.3 Å². The highest BCUT2D eigenvalue weighted by Crippen LogP contribution is 2.30. The van der Waals surface area contributed by atoms with Crippen LogP contribution in [0.2, 0.25) is 0 Å². The lowest BCUT2D eigenvalue weighted by atomic mass is 10.0. The number of carbonyl (C=O) groups excluding carboxylic acids is 1. The molecule has 1 heterocycles. The number of thiophene rings is 1. The molecule has 0 unspecified atom stereocenters. The van der Waals surface area contributed by atoms with E-state index in [1.807, 2.05) is 6.92 Å². The smallest absolute Gasteiger partial charge is 0.405 e. The van der Waals surface area contributed by atoms with Crippen LogP contribution in [0.3, 0.4) is 0 Å². The molecule has 1 aromatic heterocycles. The molecule has 0 bridgehead atoms. The lowest BCUT2D eigenvalue weighted by molar-refractivity contribution is -0.274. The summed E-state index contributed by atoms with van der Waals surface area (Å²) in [5, 5.41) is 1.75. The molecule has 2 aromatic rings. The number of rotatable bonds is 4. The summed E-state index contributed by atoms with van der Waals surface area (Å²) >= 11 is 1.22. The van der Waals surface area contributed by atoms with Gasteiger partial charge < -0.3 is 4.74 Å². The molecule has 0 aliphatic rings. The van der Waals surface area contributed by atoms with Gasteiger partial charge in [-0.25, -0.2) is 0 Å². The Balaban J connectivity index is 2.40. The predicted octanol–water partition coefficient (Wildman–Crippen LogP) is 4.44. The summed E-state index contributed by atoms with van der Waals surface area (Å²) in [7, 11) is 0. The largest absolute Gasteiger partial charge is 0.573 e. The van der Waals surface area contributed by atoms with Crippen LogP contribution in [0.25, 0.3) is 0 Å². The van der Waals surface area contributed by atoms with Crippen LogP contribution in [-0.4, -0.2) is 12.1 Å². The number of carbonyl (C=O) groups is 1. The molecule has 0 saturated heterocycles. The molecule has 0 fully saturated rings. The van der Waals surface area contributed by atoms with Crippen molar-refractivity contribution in [3.8, 4) is 5.75 Å². The highest BCUT2D eigenvalue weighted by atomic mass is 32.1.